The monoisotopic (exact) mass is 183 g/mol. The standard InChI is InChI=1S/C7H5NO3S/c1-11-5-2-3-12-6(5)7(10)8-4-9/h2-3H,1H3. The molecule has 0 saturated carbocycles. The van der Waals surface area contributed by atoms with E-state index in [1.807, 2.05) is 0 Å². The number of nitrogens with zero attached hydrogens (tertiary/aromatic N) is 1. The number of ether oxygens (including phenoxy) is 1. The van der Waals surface area contributed by atoms with E-state index in [0.717, 1.165) is 0 Å². The molecular formula is C7H5NO3S. The molecule has 0 N–H and O–H groups in total. The molecule has 0 aliphatic rings. The largest absolute Gasteiger partial charge is 0.495 e. The van der Waals surface area contributed by atoms with Crippen LogP contribution in [0.2, 0.25) is 0 Å². The number of hydrogen-bond acceptors (Lipinski definition) is 4. The van der Waals surface area contributed by atoms with E-state index >= 15 is 0 Å². The summed E-state index contributed by atoms with van der Waals surface area (Å²) in [6.07, 6.45) is 1.18. The first-order chi connectivity index (χ1) is 5.79. The van der Waals surface area contributed by atoms with Crippen molar-refractivity contribution < 1.29 is 14.3 Å². The summed E-state index contributed by atoms with van der Waals surface area (Å²) in [6.45, 7) is 0. The lowest BCUT2D eigenvalue weighted by atomic mass is 10.4. The highest BCUT2D eigenvalue weighted by molar-refractivity contribution is 7.12. The molecule has 0 aliphatic heterocycles. The highest BCUT2D eigenvalue weighted by Gasteiger charge is 2.12. The van der Waals surface area contributed by atoms with Crippen molar-refractivity contribution in [3.63, 3.8) is 0 Å². The van der Waals surface area contributed by atoms with Crippen LogP contribution < -0.4 is 4.74 Å². The number of amides is 1. The molecule has 1 heterocycles. The Morgan fingerprint density at radius 2 is 2.50 bits per heavy atom. The van der Waals surface area contributed by atoms with Gasteiger partial charge >= 0.3 is 5.91 Å². The summed E-state index contributed by atoms with van der Waals surface area (Å²) in [7, 11) is 1.45. The van der Waals surface area contributed by atoms with Gasteiger partial charge in [-0.2, -0.15) is 0 Å². The number of thiophene rings is 1. The van der Waals surface area contributed by atoms with Crippen LogP contribution in [0.4, 0.5) is 0 Å². The van der Waals surface area contributed by atoms with Crippen LogP contribution in [0.3, 0.4) is 0 Å². The fourth-order valence-corrected chi connectivity index (χ4v) is 1.45. The predicted octanol–water partition coefficient (Wildman–Crippen LogP) is 1.23. The highest BCUT2D eigenvalue weighted by Crippen LogP contribution is 2.24. The number of carbonyl (C=O) groups excluding carboxylic acids is 2. The van der Waals surface area contributed by atoms with E-state index in [-0.39, 0.29) is 0 Å². The fourth-order valence-electron chi connectivity index (χ4n) is 0.706. The zero-order chi connectivity index (χ0) is 8.97. The number of aliphatic imine (C=N–C) groups is 1. The molecule has 0 atom stereocenters. The van der Waals surface area contributed by atoms with E-state index < -0.39 is 5.91 Å². The predicted molar refractivity (Wildman–Crippen MR) is 43.3 cm³/mol. The zero-order valence-corrected chi connectivity index (χ0v) is 7.05. The van der Waals surface area contributed by atoms with Crippen LogP contribution >= 0.6 is 11.3 Å². The lowest BCUT2D eigenvalue weighted by Gasteiger charge is -1.95. The molecule has 0 aromatic carbocycles. The highest BCUT2D eigenvalue weighted by atomic mass is 32.1. The first-order valence-corrected chi connectivity index (χ1v) is 3.91. The van der Waals surface area contributed by atoms with Gasteiger partial charge in [0, 0.05) is 0 Å². The average Bonchev–Trinajstić information content (AvgIpc) is 2.51. The van der Waals surface area contributed by atoms with Crippen molar-refractivity contribution in [1.29, 1.82) is 0 Å². The van der Waals surface area contributed by atoms with Crippen LogP contribution in [-0.4, -0.2) is 19.1 Å². The third-order valence-electron chi connectivity index (χ3n) is 1.19. The minimum Gasteiger partial charge on any atom is -0.495 e. The van der Waals surface area contributed by atoms with E-state index in [1.165, 1.54) is 24.5 Å². The summed E-state index contributed by atoms with van der Waals surface area (Å²) >= 11 is 1.17. The number of methoxy groups -OCH3 is 1. The lowest BCUT2D eigenvalue weighted by Crippen LogP contribution is -1.93. The van der Waals surface area contributed by atoms with Gasteiger partial charge in [-0.3, -0.25) is 4.79 Å². The summed E-state index contributed by atoms with van der Waals surface area (Å²) in [6, 6.07) is 1.64. The molecule has 0 saturated heterocycles. The minimum atomic E-state index is -0.614. The fraction of sp³-hybridized carbons (Fsp3) is 0.143. The van der Waals surface area contributed by atoms with Gasteiger partial charge in [-0.05, 0) is 11.4 Å². The van der Waals surface area contributed by atoms with Gasteiger partial charge in [-0.25, -0.2) is 4.79 Å². The first-order valence-electron chi connectivity index (χ1n) is 3.03. The van der Waals surface area contributed by atoms with Crippen LogP contribution in [0.25, 0.3) is 0 Å². The van der Waals surface area contributed by atoms with E-state index in [2.05, 4.69) is 4.99 Å². The summed E-state index contributed by atoms with van der Waals surface area (Å²) < 4.78 is 4.85. The van der Waals surface area contributed by atoms with Gasteiger partial charge in [-0.1, -0.05) is 0 Å². The maximum Gasteiger partial charge on any atom is 0.301 e. The Balaban J connectivity index is 3.01. The molecule has 62 valence electrons. The zero-order valence-electron chi connectivity index (χ0n) is 6.23. The Bertz CT molecular complexity index is 338. The number of hydrogen-bond donors (Lipinski definition) is 0. The van der Waals surface area contributed by atoms with Crippen LogP contribution in [0.15, 0.2) is 16.4 Å². The normalized spacial score (nSPS) is 8.75. The first kappa shape index (κ1) is 8.64. The van der Waals surface area contributed by atoms with Gasteiger partial charge in [-0.15, -0.1) is 16.3 Å². The van der Waals surface area contributed by atoms with Gasteiger partial charge in [0.1, 0.15) is 10.6 Å². The van der Waals surface area contributed by atoms with Gasteiger partial charge in [0.25, 0.3) is 0 Å². The summed E-state index contributed by atoms with van der Waals surface area (Å²) in [5, 5.41) is 1.69. The molecule has 12 heavy (non-hydrogen) atoms. The van der Waals surface area contributed by atoms with Gasteiger partial charge in [0.05, 0.1) is 7.11 Å². The van der Waals surface area contributed by atoms with Crippen LogP contribution in [-0.2, 0) is 4.79 Å². The molecule has 1 rings (SSSR count). The van der Waals surface area contributed by atoms with E-state index in [0.29, 0.717) is 10.6 Å². The van der Waals surface area contributed by atoms with Gasteiger partial charge in [0.15, 0.2) is 0 Å². The summed E-state index contributed by atoms with van der Waals surface area (Å²) in [5.74, 6) is -0.180. The molecule has 0 spiro atoms. The summed E-state index contributed by atoms with van der Waals surface area (Å²) in [5.41, 5.74) is 0. The van der Waals surface area contributed by atoms with Crippen LogP contribution in [0, 0.1) is 0 Å². The molecule has 0 unspecified atom stereocenters. The topological polar surface area (TPSA) is 55.7 Å². The van der Waals surface area contributed by atoms with Crippen LogP contribution in [0.1, 0.15) is 9.67 Å². The molecular weight excluding hydrogens is 178 g/mol. The summed E-state index contributed by atoms with van der Waals surface area (Å²) in [4.78, 5) is 24.0. The number of rotatable bonds is 2. The maximum absolute atomic E-state index is 11.0. The van der Waals surface area contributed by atoms with Crippen molar-refractivity contribution in [3.8, 4) is 5.75 Å². The number of carbonyl (C=O) groups is 1. The molecule has 1 amide bonds. The van der Waals surface area contributed by atoms with E-state index in [9.17, 15) is 9.59 Å². The lowest BCUT2D eigenvalue weighted by molar-refractivity contribution is 0.100. The second-order valence-corrected chi connectivity index (χ2v) is 2.74. The third kappa shape index (κ3) is 1.58. The Labute approximate surface area is 72.5 Å². The van der Waals surface area contributed by atoms with Crippen molar-refractivity contribution in [2.24, 2.45) is 4.99 Å². The van der Waals surface area contributed by atoms with E-state index in [4.69, 9.17) is 4.74 Å². The minimum absolute atomic E-state index is 0.320. The molecule has 1 aromatic rings. The Hall–Kier alpha value is -1.45. The van der Waals surface area contributed by atoms with Crippen LogP contribution in [0.5, 0.6) is 5.75 Å². The molecule has 0 radical (unpaired) electrons. The third-order valence-corrected chi connectivity index (χ3v) is 2.07. The van der Waals surface area contributed by atoms with Crippen molar-refractivity contribution in [2.75, 3.05) is 7.11 Å². The molecule has 0 bridgehead atoms. The number of isocyanates is 1. The molecule has 0 aliphatic carbocycles. The second-order valence-electron chi connectivity index (χ2n) is 1.83. The van der Waals surface area contributed by atoms with Crippen molar-refractivity contribution >= 4 is 23.3 Å². The Kier molecular flexibility index (Phi) is 2.74. The SMILES string of the molecule is COc1ccsc1C(=O)N=C=O. The second kappa shape index (κ2) is 3.80. The molecule has 4 nitrogen and oxygen atoms in total. The molecule has 1 aromatic heterocycles. The molecule has 0 fully saturated rings. The smallest absolute Gasteiger partial charge is 0.301 e. The average molecular weight is 183 g/mol. The van der Waals surface area contributed by atoms with Crippen molar-refractivity contribution in [2.45, 2.75) is 0 Å². The van der Waals surface area contributed by atoms with E-state index in [1.54, 1.807) is 11.4 Å². The Morgan fingerprint density at radius 3 is 3.08 bits per heavy atom. The maximum atomic E-state index is 11.0. The molecule has 5 heteroatoms. The van der Waals surface area contributed by atoms with Gasteiger partial charge < -0.3 is 4.74 Å². The van der Waals surface area contributed by atoms with Gasteiger partial charge in [0.2, 0.25) is 6.08 Å². The quantitative estimate of drug-likeness (QED) is 0.512. The van der Waals surface area contributed by atoms with Crippen molar-refractivity contribution in [3.05, 3.63) is 16.3 Å². The van der Waals surface area contributed by atoms with Crippen molar-refractivity contribution in [1.82, 2.24) is 0 Å². The Morgan fingerprint density at radius 1 is 1.75 bits per heavy atom.